The van der Waals surface area contributed by atoms with E-state index in [1.54, 1.807) is 11.8 Å². The number of nitrogens with zero attached hydrogens (tertiary/aromatic N) is 1. The topological polar surface area (TPSA) is 29.3 Å². The second-order valence-electron chi connectivity index (χ2n) is 4.96. The van der Waals surface area contributed by atoms with Crippen molar-refractivity contribution in [3.05, 3.63) is 51.6 Å². The Labute approximate surface area is 138 Å². The number of rotatable bonds is 4. The molecular weight excluding hydrogens is 379 g/mol. The van der Waals surface area contributed by atoms with Crippen LogP contribution in [0.25, 0.3) is 0 Å². The molecule has 0 aliphatic heterocycles. The standard InChI is InChI=1S/C16H19IN2S/c1-11(19(2)3)13-6-4-5-7-15(13)20-16-9-8-12(17)10-14(16)18/h4-11H,18H2,1-3H3. The molecule has 2 rings (SSSR count). The minimum Gasteiger partial charge on any atom is -0.398 e. The molecule has 2 N–H and O–H groups in total. The van der Waals surface area contributed by atoms with Gasteiger partial charge in [0.05, 0.1) is 0 Å². The summed E-state index contributed by atoms with van der Waals surface area (Å²) in [6.07, 6.45) is 0. The van der Waals surface area contributed by atoms with E-state index in [9.17, 15) is 0 Å². The lowest BCUT2D eigenvalue weighted by atomic mass is 10.1. The van der Waals surface area contributed by atoms with E-state index in [2.05, 4.69) is 84.9 Å². The molecule has 2 aromatic carbocycles. The SMILES string of the molecule is CC(c1ccccc1Sc1ccc(I)cc1N)N(C)C. The molecule has 0 amide bonds. The van der Waals surface area contributed by atoms with Crippen molar-refractivity contribution in [3.63, 3.8) is 0 Å². The zero-order valence-electron chi connectivity index (χ0n) is 11.9. The van der Waals surface area contributed by atoms with Crippen molar-refractivity contribution in [1.82, 2.24) is 4.90 Å². The third-order valence-corrected chi connectivity index (χ3v) is 5.19. The minimum atomic E-state index is 0.378. The van der Waals surface area contributed by atoms with Crippen LogP contribution in [0.15, 0.2) is 52.3 Å². The Bertz CT molecular complexity index is 599. The van der Waals surface area contributed by atoms with Gasteiger partial charge < -0.3 is 10.6 Å². The summed E-state index contributed by atoms with van der Waals surface area (Å²) >= 11 is 4.02. The van der Waals surface area contributed by atoms with Crippen molar-refractivity contribution in [3.8, 4) is 0 Å². The second kappa shape index (κ2) is 6.83. The molecule has 2 aromatic rings. The van der Waals surface area contributed by atoms with Gasteiger partial charge in [-0.1, -0.05) is 30.0 Å². The summed E-state index contributed by atoms with van der Waals surface area (Å²) in [6.45, 7) is 2.22. The fourth-order valence-corrected chi connectivity index (χ4v) is 3.50. The van der Waals surface area contributed by atoms with E-state index < -0.39 is 0 Å². The summed E-state index contributed by atoms with van der Waals surface area (Å²) in [5, 5.41) is 0. The molecule has 0 fully saturated rings. The summed E-state index contributed by atoms with van der Waals surface area (Å²) in [5.41, 5.74) is 8.29. The van der Waals surface area contributed by atoms with E-state index in [1.165, 1.54) is 14.0 Å². The largest absolute Gasteiger partial charge is 0.398 e. The van der Waals surface area contributed by atoms with Crippen LogP contribution in [0.2, 0.25) is 0 Å². The van der Waals surface area contributed by atoms with Gasteiger partial charge in [0.15, 0.2) is 0 Å². The van der Waals surface area contributed by atoms with Crippen molar-refractivity contribution in [2.75, 3.05) is 19.8 Å². The van der Waals surface area contributed by atoms with E-state index in [1.807, 2.05) is 6.07 Å². The summed E-state index contributed by atoms with van der Waals surface area (Å²) in [7, 11) is 4.21. The summed E-state index contributed by atoms with van der Waals surface area (Å²) in [6, 6.07) is 15.1. The zero-order valence-corrected chi connectivity index (χ0v) is 14.9. The highest BCUT2D eigenvalue weighted by Gasteiger charge is 2.13. The third-order valence-electron chi connectivity index (χ3n) is 3.34. The van der Waals surface area contributed by atoms with Gasteiger partial charge in [-0.3, -0.25) is 0 Å². The lowest BCUT2D eigenvalue weighted by Crippen LogP contribution is -2.17. The number of benzene rings is 2. The smallest absolute Gasteiger partial charge is 0.0466 e. The van der Waals surface area contributed by atoms with E-state index in [4.69, 9.17) is 5.73 Å². The molecule has 0 aliphatic carbocycles. The van der Waals surface area contributed by atoms with Crippen LogP contribution in [0.4, 0.5) is 5.69 Å². The minimum absolute atomic E-state index is 0.378. The summed E-state index contributed by atoms with van der Waals surface area (Å²) in [5.74, 6) is 0. The van der Waals surface area contributed by atoms with Crippen molar-refractivity contribution < 1.29 is 0 Å². The van der Waals surface area contributed by atoms with Crippen molar-refractivity contribution in [2.24, 2.45) is 0 Å². The Balaban J connectivity index is 2.34. The Morgan fingerprint density at radius 1 is 1.10 bits per heavy atom. The molecule has 1 atom stereocenters. The highest BCUT2D eigenvalue weighted by atomic mass is 127. The molecule has 0 aliphatic rings. The third kappa shape index (κ3) is 3.68. The maximum atomic E-state index is 6.12. The van der Waals surface area contributed by atoms with E-state index >= 15 is 0 Å². The quantitative estimate of drug-likeness (QED) is 0.601. The van der Waals surface area contributed by atoms with Crippen LogP contribution in [-0.2, 0) is 0 Å². The highest BCUT2D eigenvalue weighted by molar-refractivity contribution is 14.1. The number of anilines is 1. The van der Waals surface area contributed by atoms with Gasteiger partial charge in [0.25, 0.3) is 0 Å². The van der Waals surface area contributed by atoms with Gasteiger partial charge in [-0.2, -0.15) is 0 Å². The summed E-state index contributed by atoms with van der Waals surface area (Å²) in [4.78, 5) is 4.60. The number of halogens is 1. The fraction of sp³-hybridized carbons (Fsp3) is 0.250. The Kier molecular flexibility index (Phi) is 5.35. The molecule has 4 heteroatoms. The monoisotopic (exact) mass is 398 g/mol. The van der Waals surface area contributed by atoms with E-state index in [0.717, 1.165) is 10.6 Å². The van der Waals surface area contributed by atoms with Crippen molar-refractivity contribution >= 4 is 40.0 Å². The number of nitrogens with two attached hydrogens (primary N) is 1. The number of nitrogen functional groups attached to an aromatic ring is 1. The first kappa shape index (κ1) is 15.7. The van der Waals surface area contributed by atoms with Gasteiger partial charge in [0.1, 0.15) is 0 Å². The molecule has 0 saturated carbocycles. The maximum absolute atomic E-state index is 6.12. The van der Waals surface area contributed by atoms with Crippen molar-refractivity contribution in [2.45, 2.75) is 22.8 Å². The maximum Gasteiger partial charge on any atom is 0.0466 e. The average molecular weight is 398 g/mol. The number of hydrogen-bond donors (Lipinski definition) is 1. The molecular formula is C16H19IN2S. The molecule has 0 heterocycles. The van der Waals surface area contributed by atoms with Gasteiger partial charge in [-0.15, -0.1) is 0 Å². The lowest BCUT2D eigenvalue weighted by Gasteiger charge is -2.22. The Morgan fingerprint density at radius 2 is 1.80 bits per heavy atom. The molecule has 20 heavy (non-hydrogen) atoms. The first-order chi connectivity index (χ1) is 9.49. The lowest BCUT2D eigenvalue weighted by molar-refractivity contribution is 0.317. The van der Waals surface area contributed by atoms with Crippen LogP contribution in [0.3, 0.4) is 0 Å². The fourth-order valence-electron chi connectivity index (χ4n) is 1.93. The molecule has 0 bridgehead atoms. The van der Waals surface area contributed by atoms with Crippen LogP contribution in [0.1, 0.15) is 18.5 Å². The first-order valence-corrected chi connectivity index (χ1v) is 8.37. The molecule has 0 aromatic heterocycles. The predicted octanol–water partition coefficient (Wildman–Crippen LogP) is 4.65. The van der Waals surface area contributed by atoms with Crippen LogP contribution < -0.4 is 5.73 Å². The normalized spacial score (nSPS) is 12.7. The zero-order chi connectivity index (χ0) is 14.7. The average Bonchev–Trinajstić information content (AvgIpc) is 2.41. The predicted molar refractivity (Wildman–Crippen MR) is 96.2 cm³/mol. The summed E-state index contributed by atoms with van der Waals surface area (Å²) < 4.78 is 1.17. The Hall–Kier alpha value is -0.720. The van der Waals surface area contributed by atoms with Gasteiger partial charge >= 0.3 is 0 Å². The number of hydrogen-bond acceptors (Lipinski definition) is 3. The van der Waals surface area contributed by atoms with Crippen molar-refractivity contribution in [1.29, 1.82) is 0 Å². The molecule has 2 nitrogen and oxygen atoms in total. The van der Waals surface area contributed by atoms with Gasteiger partial charge in [-0.25, -0.2) is 0 Å². The van der Waals surface area contributed by atoms with Gasteiger partial charge in [0, 0.05) is 25.1 Å². The molecule has 0 saturated heterocycles. The Morgan fingerprint density at radius 3 is 2.45 bits per heavy atom. The van der Waals surface area contributed by atoms with Crippen LogP contribution in [0, 0.1) is 3.57 Å². The van der Waals surface area contributed by atoms with Crippen LogP contribution in [-0.4, -0.2) is 19.0 Å². The molecule has 0 spiro atoms. The first-order valence-electron chi connectivity index (χ1n) is 6.47. The molecule has 0 radical (unpaired) electrons. The van der Waals surface area contributed by atoms with Crippen LogP contribution >= 0.6 is 34.4 Å². The molecule has 1 unspecified atom stereocenters. The van der Waals surface area contributed by atoms with Gasteiger partial charge in [-0.05, 0) is 73.4 Å². The van der Waals surface area contributed by atoms with Crippen LogP contribution in [0.5, 0.6) is 0 Å². The second-order valence-corrected chi connectivity index (χ2v) is 7.29. The van der Waals surface area contributed by atoms with E-state index in [0.29, 0.717) is 6.04 Å². The van der Waals surface area contributed by atoms with Gasteiger partial charge in [0.2, 0.25) is 0 Å². The van der Waals surface area contributed by atoms with E-state index in [-0.39, 0.29) is 0 Å². The highest BCUT2D eigenvalue weighted by Crippen LogP contribution is 2.37. The molecule has 106 valence electrons.